The summed E-state index contributed by atoms with van der Waals surface area (Å²) in [6.07, 6.45) is 4.51. The average molecular weight is 258 g/mol. The van der Waals surface area contributed by atoms with E-state index in [2.05, 4.69) is 23.3 Å². The zero-order chi connectivity index (χ0) is 13.7. The molecule has 19 heavy (non-hydrogen) atoms. The smallest absolute Gasteiger partial charge is 0.123 e. The minimum absolute atomic E-state index is 0.183. The molecule has 100 valence electrons. The first kappa shape index (κ1) is 13.7. The van der Waals surface area contributed by atoms with Gasteiger partial charge in [0, 0.05) is 18.4 Å². The van der Waals surface area contributed by atoms with Gasteiger partial charge in [0.05, 0.1) is 0 Å². The molecule has 2 rings (SSSR count). The third kappa shape index (κ3) is 3.61. The molecule has 0 saturated carbocycles. The van der Waals surface area contributed by atoms with Gasteiger partial charge in [0.1, 0.15) is 5.82 Å². The predicted molar refractivity (Wildman–Crippen MR) is 75.5 cm³/mol. The fraction of sp³-hybridized carbons (Fsp3) is 0.312. The predicted octanol–water partition coefficient (Wildman–Crippen LogP) is 3.42. The summed E-state index contributed by atoms with van der Waals surface area (Å²) in [4.78, 5) is 4.14. The van der Waals surface area contributed by atoms with Gasteiger partial charge in [0.2, 0.25) is 0 Å². The van der Waals surface area contributed by atoms with Crippen molar-refractivity contribution in [1.29, 1.82) is 0 Å². The zero-order valence-corrected chi connectivity index (χ0v) is 11.4. The third-order valence-corrected chi connectivity index (χ3v) is 3.22. The molecule has 0 aliphatic heterocycles. The number of pyridine rings is 1. The lowest BCUT2D eigenvalue weighted by Crippen LogP contribution is -2.23. The molecule has 1 heterocycles. The van der Waals surface area contributed by atoms with Crippen molar-refractivity contribution in [2.45, 2.75) is 26.3 Å². The number of aryl methyl sites for hydroxylation is 1. The fourth-order valence-electron chi connectivity index (χ4n) is 2.32. The molecule has 0 spiro atoms. The first-order chi connectivity index (χ1) is 9.20. The standard InChI is InChI=1S/C16H19FN2/c1-3-19-16(10-13-5-4-8-18-11-13)15-7-6-14(17)9-12(15)2/h4-9,11,16,19H,3,10H2,1-2H3. The Kier molecular flexibility index (Phi) is 4.63. The summed E-state index contributed by atoms with van der Waals surface area (Å²) in [5.74, 6) is -0.183. The Balaban J connectivity index is 2.24. The topological polar surface area (TPSA) is 24.9 Å². The Morgan fingerprint density at radius 2 is 2.16 bits per heavy atom. The number of nitrogens with zero attached hydrogens (tertiary/aromatic N) is 1. The maximum absolute atomic E-state index is 13.2. The van der Waals surface area contributed by atoms with Crippen molar-refractivity contribution in [3.63, 3.8) is 0 Å². The lowest BCUT2D eigenvalue weighted by atomic mass is 9.96. The van der Waals surface area contributed by atoms with Gasteiger partial charge in [-0.15, -0.1) is 0 Å². The van der Waals surface area contributed by atoms with Crippen molar-refractivity contribution in [3.05, 3.63) is 65.2 Å². The highest BCUT2D eigenvalue weighted by molar-refractivity contribution is 5.31. The molecule has 2 aromatic rings. The molecule has 3 heteroatoms. The number of hydrogen-bond donors (Lipinski definition) is 1. The van der Waals surface area contributed by atoms with Gasteiger partial charge < -0.3 is 5.32 Å². The van der Waals surface area contributed by atoms with Gasteiger partial charge in [-0.3, -0.25) is 4.98 Å². The Bertz CT molecular complexity index is 526. The monoisotopic (exact) mass is 258 g/mol. The Labute approximate surface area is 113 Å². The van der Waals surface area contributed by atoms with E-state index in [1.54, 1.807) is 12.3 Å². The van der Waals surface area contributed by atoms with Crippen molar-refractivity contribution in [1.82, 2.24) is 10.3 Å². The second kappa shape index (κ2) is 6.43. The van der Waals surface area contributed by atoms with E-state index in [1.807, 2.05) is 25.3 Å². The maximum atomic E-state index is 13.2. The van der Waals surface area contributed by atoms with Crippen molar-refractivity contribution >= 4 is 0 Å². The van der Waals surface area contributed by atoms with E-state index in [0.29, 0.717) is 0 Å². The minimum Gasteiger partial charge on any atom is -0.310 e. The third-order valence-electron chi connectivity index (χ3n) is 3.22. The van der Waals surface area contributed by atoms with E-state index < -0.39 is 0 Å². The number of hydrogen-bond acceptors (Lipinski definition) is 2. The first-order valence-corrected chi connectivity index (χ1v) is 6.59. The van der Waals surface area contributed by atoms with Crippen LogP contribution in [-0.4, -0.2) is 11.5 Å². The molecule has 1 atom stereocenters. The Morgan fingerprint density at radius 1 is 1.32 bits per heavy atom. The number of likely N-dealkylation sites (N-methyl/N-ethyl adjacent to an activating group) is 1. The quantitative estimate of drug-likeness (QED) is 0.888. The van der Waals surface area contributed by atoms with Crippen LogP contribution in [0.3, 0.4) is 0 Å². The van der Waals surface area contributed by atoms with Crippen LogP contribution in [0.1, 0.15) is 29.7 Å². The highest BCUT2D eigenvalue weighted by atomic mass is 19.1. The van der Waals surface area contributed by atoms with E-state index in [0.717, 1.165) is 24.1 Å². The molecule has 0 aliphatic carbocycles. The lowest BCUT2D eigenvalue weighted by molar-refractivity contribution is 0.544. The molecule has 0 aliphatic rings. The van der Waals surface area contributed by atoms with Crippen LogP contribution in [0, 0.1) is 12.7 Å². The number of benzene rings is 1. The highest BCUT2D eigenvalue weighted by Gasteiger charge is 2.14. The van der Waals surface area contributed by atoms with Crippen LogP contribution in [0.15, 0.2) is 42.7 Å². The second-order valence-electron chi connectivity index (χ2n) is 4.68. The average Bonchev–Trinajstić information content (AvgIpc) is 2.39. The summed E-state index contributed by atoms with van der Waals surface area (Å²) in [5.41, 5.74) is 3.30. The molecule has 0 fully saturated rings. The fourth-order valence-corrected chi connectivity index (χ4v) is 2.32. The lowest BCUT2D eigenvalue weighted by Gasteiger charge is -2.20. The minimum atomic E-state index is -0.183. The second-order valence-corrected chi connectivity index (χ2v) is 4.68. The normalized spacial score (nSPS) is 12.4. The van der Waals surface area contributed by atoms with Crippen LogP contribution in [0.2, 0.25) is 0 Å². The number of aromatic nitrogens is 1. The molecular weight excluding hydrogens is 239 g/mol. The number of nitrogens with one attached hydrogen (secondary N) is 1. The van der Waals surface area contributed by atoms with Gasteiger partial charge in [-0.1, -0.05) is 19.1 Å². The highest BCUT2D eigenvalue weighted by Crippen LogP contribution is 2.22. The van der Waals surface area contributed by atoms with Gasteiger partial charge in [0.15, 0.2) is 0 Å². The van der Waals surface area contributed by atoms with Crippen LogP contribution < -0.4 is 5.32 Å². The molecular formula is C16H19FN2. The van der Waals surface area contributed by atoms with E-state index in [-0.39, 0.29) is 11.9 Å². The molecule has 0 radical (unpaired) electrons. The van der Waals surface area contributed by atoms with Gasteiger partial charge in [0.25, 0.3) is 0 Å². The number of halogens is 1. The molecule has 0 bridgehead atoms. The molecule has 0 amide bonds. The zero-order valence-electron chi connectivity index (χ0n) is 11.4. The van der Waals surface area contributed by atoms with Gasteiger partial charge in [-0.25, -0.2) is 4.39 Å². The summed E-state index contributed by atoms with van der Waals surface area (Å²) in [5, 5.41) is 3.46. The molecule has 1 unspecified atom stereocenters. The van der Waals surface area contributed by atoms with E-state index in [1.165, 1.54) is 11.6 Å². The number of rotatable bonds is 5. The van der Waals surface area contributed by atoms with Crippen LogP contribution >= 0.6 is 0 Å². The maximum Gasteiger partial charge on any atom is 0.123 e. The van der Waals surface area contributed by atoms with Crippen LogP contribution in [0.4, 0.5) is 4.39 Å². The van der Waals surface area contributed by atoms with Gasteiger partial charge in [-0.2, -0.15) is 0 Å². The van der Waals surface area contributed by atoms with E-state index in [4.69, 9.17) is 0 Å². The Morgan fingerprint density at radius 3 is 2.79 bits per heavy atom. The summed E-state index contributed by atoms with van der Waals surface area (Å²) in [6, 6.07) is 9.17. The SMILES string of the molecule is CCNC(Cc1cccnc1)c1ccc(F)cc1C. The summed E-state index contributed by atoms with van der Waals surface area (Å²) in [7, 11) is 0. The largest absolute Gasteiger partial charge is 0.310 e. The Hall–Kier alpha value is -1.74. The van der Waals surface area contributed by atoms with Crippen molar-refractivity contribution < 1.29 is 4.39 Å². The molecule has 2 nitrogen and oxygen atoms in total. The first-order valence-electron chi connectivity index (χ1n) is 6.59. The van der Waals surface area contributed by atoms with Gasteiger partial charge in [-0.05, 0) is 54.8 Å². The van der Waals surface area contributed by atoms with E-state index >= 15 is 0 Å². The molecule has 1 N–H and O–H groups in total. The van der Waals surface area contributed by atoms with Crippen molar-refractivity contribution in [2.24, 2.45) is 0 Å². The molecule has 1 aromatic heterocycles. The van der Waals surface area contributed by atoms with Crippen LogP contribution in [0.5, 0.6) is 0 Å². The summed E-state index contributed by atoms with van der Waals surface area (Å²) >= 11 is 0. The van der Waals surface area contributed by atoms with Crippen LogP contribution in [0.25, 0.3) is 0 Å². The molecule has 0 saturated heterocycles. The van der Waals surface area contributed by atoms with Crippen molar-refractivity contribution in [2.75, 3.05) is 6.54 Å². The summed E-state index contributed by atoms with van der Waals surface area (Å²) in [6.45, 7) is 4.91. The van der Waals surface area contributed by atoms with Gasteiger partial charge >= 0.3 is 0 Å². The van der Waals surface area contributed by atoms with E-state index in [9.17, 15) is 4.39 Å². The summed E-state index contributed by atoms with van der Waals surface area (Å²) < 4.78 is 13.2. The van der Waals surface area contributed by atoms with Crippen molar-refractivity contribution in [3.8, 4) is 0 Å². The molecule has 1 aromatic carbocycles. The van der Waals surface area contributed by atoms with Crippen LogP contribution in [-0.2, 0) is 6.42 Å².